The minimum Gasteiger partial charge on any atom is -0.481 e. The third-order valence-electron chi connectivity index (χ3n) is 8.52. The van der Waals surface area contributed by atoms with Crippen molar-refractivity contribution in [1.82, 2.24) is 4.90 Å². The van der Waals surface area contributed by atoms with Gasteiger partial charge in [0.2, 0.25) is 5.91 Å². The topological polar surface area (TPSA) is 112 Å². The molecule has 1 rings (SSSR count). The van der Waals surface area contributed by atoms with Crippen LogP contribution in [0.15, 0.2) is 0 Å². The Morgan fingerprint density at radius 2 is 1.03 bits per heavy atom. The van der Waals surface area contributed by atoms with Crippen molar-refractivity contribution in [2.24, 2.45) is 10.8 Å². The van der Waals surface area contributed by atoms with Crippen LogP contribution in [0.25, 0.3) is 0 Å². The summed E-state index contributed by atoms with van der Waals surface area (Å²) in [6.45, 7) is 6.13. The van der Waals surface area contributed by atoms with Gasteiger partial charge in [0.1, 0.15) is 0 Å². The molecule has 1 aliphatic rings. The van der Waals surface area contributed by atoms with E-state index in [4.69, 9.17) is 10.2 Å². The molecule has 0 atom stereocenters. The van der Waals surface area contributed by atoms with Crippen molar-refractivity contribution in [1.29, 1.82) is 0 Å². The van der Waals surface area contributed by atoms with E-state index in [1.54, 1.807) is 0 Å². The minimum atomic E-state index is -0.952. The maximum atomic E-state index is 13.0. The van der Waals surface area contributed by atoms with Crippen LogP contribution in [0.4, 0.5) is 0 Å². The zero-order chi connectivity index (χ0) is 27.7. The van der Waals surface area contributed by atoms with E-state index in [1.807, 2.05) is 13.8 Å². The maximum absolute atomic E-state index is 13.0. The van der Waals surface area contributed by atoms with E-state index in [2.05, 4.69) is 6.92 Å². The Balaban J connectivity index is 2.11. The molecule has 7 nitrogen and oxygen atoms in total. The lowest BCUT2D eigenvalue weighted by Crippen LogP contribution is -2.44. The molecule has 0 heterocycles. The Kier molecular flexibility index (Phi) is 15.7. The second-order valence-corrected chi connectivity index (χ2v) is 11.9. The Labute approximate surface area is 224 Å². The van der Waals surface area contributed by atoms with Crippen LogP contribution in [0, 0.1) is 10.8 Å². The number of hydrogen-bond acceptors (Lipinski definition) is 4. The van der Waals surface area contributed by atoms with Crippen molar-refractivity contribution in [2.45, 2.75) is 143 Å². The van der Waals surface area contributed by atoms with Crippen LogP contribution in [0.2, 0.25) is 0 Å². The van der Waals surface area contributed by atoms with Crippen LogP contribution in [0.5, 0.6) is 0 Å². The van der Waals surface area contributed by atoms with Crippen LogP contribution >= 0.6 is 0 Å². The van der Waals surface area contributed by atoms with Gasteiger partial charge in [0, 0.05) is 24.8 Å². The molecule has 1 aliphatic carbocycles. The third kappa shape index (κ3) is 14.0. The van der Waals surface area contributed by atoms with E-state index in [0.29, 0.717) is 12.8 Å². The van der Waals surface area contributed by atoms with Crippen molar-refractivity contribution in [3.8, 4) is 0 Å². The molecule has 2 N–H and O–H groups in total. The Hall–Kier alpha value is -1.92. The maximum Gasteiger partial charge on any atom is 0.305 e. The normalized spacial score (nSPS) is 14.4. The van der Waals surface area contributed by atoms with Crippen molar-refractivity contribution < 1.29 is 29.4 Å². The van der Waals surface area contributed by atoms with E-state index < -0.39 is 17.4 Å². The van der Waals surface area contributed by atoms with Gasteiger partial charge < -0.3 is 15.1 Å². The molecule has 0 saturated heterocycles. The summed E-state index contributed by atoms with van der Waals surface area (Å²) in [5.74, 6) is -1.72. The number of hydrogen-bond donors (Lipinski definition) is 2. The molecule has 0 aromatic heterocycles. The second kappa shape index (κ2) is 17.6. The van der Waals surface area contributed by atoms with Crippen LogP contribution in [-0.2, 0) is 19.2 Å². The number of ketones is 1. The third-order valence-corrected chi connectivity index (χ3v) is 8.52. The van der Waals surface area contributed by atoms with Crippen molar-refractivity contribution >= 4 is 23.6 Å². The number of carbonyl (C=O) groups is 4. The molecule has 0 aromatic rings. The first kappa shape index (κ1) is 33.1. The van der Waals surface area contributed by atoms with E-state index in [-0.39, 0.29) is 36.6 Å². The fourth-order valence-electron chi connectivity index (χ4n) is 4.87. The molecule has 37 heavy (non-hydrogen) atoms. The number of Topliss-reactive ketones (excluding diaryl/α,β-unsaturated/α-hetero) is 1. The molecule has 7 heteroatoms. The number of nitrogens with zero attached hydrogens (tertiary/aromatic N) is 1. The van der Waals surface area contributed by atoms with E-state index in [9.17, 15) is 19.2 Å². The molecule has 0 spiro atoms. The van der Waals surface area contributed by atoms with Crippen LogP contribution in [0.1, 0.15) is 143 Å². The molecule has 0 aliphatic heterocycles. The lowest BCUT2D eigenvalue weighted by molar-refractivity contribution is -0.142. The van der Waals surface area contributed by atoms with Crippen LogP contribution < -0.4 is 0 Å². The van der Waals surface area contributed by atoms with Gasteiger partial charge in [0.15, 0.2) is 5.78 Å². The highest BCUT2D eigenvalue weighted by atomic mass is 16.4. The van der Waals surface area contributed by atoms with Crippen molar-refractivity contribution in [3.05, 3.63) is 0 Å². The predicted octanol–water partition coefficient (Wildman–Crippen LogP) is 7.01. The van der Waals surface area contributed by atoms with E-state index in [1.165, 1.54) is 56.3 Å². The van der Waals surface area contributed by atoms with E-state index in [0.717, 1.165) is 51.4 Å². The molecule has 1 fully saturated rings. The van der Waals surface area contributed by atoms with Crippen molar-refractivity contribution in [3.63, 3.8) is 0 Å². The van der Waals surface area contributed by atoms with Gasteiger partial charge in [-0.15, -0.1) is 0 Å². The van der Waals surface area contributed by atoms with Gasteiger partial charge in [-0.2, -0.15) is 0 Å². The fourth-order valence-corrected chi connectivity index (χ4v) is 4.87. The monoisotopic (exact) mass is 523 g/mol. The molecule has 214 valence electrons. The lowest BCUT2D eigenvalue weighted by atomic mass is 9.73. The largest absolute Gasteiger partial charge is 0.481 e. The summed E-state index contributed by atoms with van der Waals surface area (Å²) < 4.78 is 0. The summed E-state index contributed by atoms with van der Waals surface area (Å²) in [5.41, 5.74) is -0.506. The fraction of sp³-hybridized carbons (Fsp3) is 0.867. The van der Waals surface area contributed by atoms with E-state index >= 15 is 0 Å². The van der Waals surface area contributed by atoms with Gasteiger partial charge in [0.05, 0.1) is 13.0 Å². The summed E-state index contributed by atoms with van der Waals surface area (Å²) in [6.07, 6.45) is 18.3. The standard InChI is InChI=1S/C30H53NO6/c1-29(2,30(3)21-22-30)25(32)24-31(23-20-28(36)37)26(33)18-16-14-12-10-8-6-4-5-7-9-11-13-15-17-19-27(34)35/h4-24H2,1-3H3,(H,34,35)(H,36,37). The number of unbranched alkanes of at least 4 members (excludes halogenated alkanes) is 13. The van der Waals surface area contributed by atoms with Gasteiger partial charge in [-0.05, 0) is 31.1 Å². The molecular weight excluding hydrogens is 470 g/mol. The summed E-state index contributed by atoms with van der Waals surface area (Å²) in [6, 6.07) is 0. The highest BCUT2D eigenvalue weighted by Crippen LogP contribution is 2.58. The zero-order valence-corrected chi connectivity index (χ0v) is 23.8. The summed E-state index contributed by atoms with van der Waals surface area (Å²) in [5, 5.41) is 17.7. The first-order valence-corrected chi connectivity index (χ1v) is 14.7. The number of carboxylic acid groups (broad SMARTS) is 2. The predicted molar refractivity (Wildman–Crippen MR) is 146 cm³/mol. The van der Waals surface area contributed by atoms with Gasteiger partial charge >= 0.3 is 11.9 Å². The van der Waals surface area contributed by atoms with Gasteiger partial charge in [-0.1, -0.05) is 97.8 Å². The molecule has 0 radical (unpaired) electrons. The lowest BCUT2D eigenvalue weighted by Gasteiger charge is -2.33. The highest BCUT2D eigenvalue weighted by molar-refractivity contribution is 5.90. The number of carboxylic acids is 2. The summed E-state index contributed by atoms with van der Waals surface area (Å²) in [4.78, 5) is 48.8. The smallest absolute Gasteiger partial charge is 0.305 e. The SMILES string of the molecule is CC1(C(C)(C)C(=O)CN(CCC(=O)O)C(=O)CCCCCCCCCCCCCCCCC(=O)O)CC1. The minimum absolute atomic E-state index is 0.00386. The molecule has 0 aromatic carbocycles. The number of amides is 1. The average Bonchev–Trinajstić information content (AvgIpc) is 3.59. The molecule has 1 amide bonds. The van der Waals surface area contributed by atoms with Gasteiger partial charge in [-0.3, -0.25) is 19.2 Å². The Morgan fingerprint density at radius 3 is 1.41 bits per heavy atom. The first-order valence-electron chi connectivity index (χ1n) is 14.7. The first-order chi connectivity index (χ1) is 17.5. The number of carbonyl (C=O) groups excluding carboxylic acids is 2. The van der Waals surface area contributed by atoms with Crippen LogP contribution in [0.3, 0.4) is 0 Å². The zero-order valence-electron chi connectivity index (χ0n) is 23.8. The van der Waals surface area contributed by atoms with Crippen LogP contribution in [-0.4, -0.2) is 51.8 Å². The summed E-state index contributed by atoms with van der Waals surface area (Å²) >= 11 is 0. The molecule has 0 bridgehead atoms. The molecule has 0 unspecified atom stereocenters. The number of rotatable bonds is 24. The highest BCUT2D eigenvalue weighted by Gasteiger charge is 2.54. The Morgan fingerprint density at radius 1 is 0.649 bits per heavy atom. The number of aliphatic carboxylic acids is 2. The average molecular weight is 524 g/mol. The van der Waals surface area contributed by atoms with Gasteiger partial charge in [-0.25, -0.2) is 0 Å². The Bertz CT molecular complexity index is 713. The summed E-state index contributed by atoms with van der Waals surface area (Å²) in [7, 11) is 0. The van der Waals surface area contributed by atoms with Crippen molar-refractivity contribution in [2.75, 3.05) is 13.1 Å². The molecular formula is C30H53NO6. The van der Waals surface area contributed by atoms with Gasteiger partial charge in [0.25, 0.3) is 0 Å². The molecule has 1 saturated carbocycles. The quantitative estimate of drug-likeness (QED) is 0.132. The second-order valence-electron chi connectivity index (χ2n) is 11.9.